The summed E-state index contributed by atoms with van der Waals surface area (Å²) in [6.45, 7) is 2.72. The maximum Gasteiger partial charge on any atom is 0.262 e. The molecule has 0 atom stereocenters. The van der Waals surface area contributed by atoms with E-state index in [1.54, 1.807) is 22.8 Å². The maximum atomic E-state index is 13.0. The lowest BCUT2D eigenvalue weighted by Gasteiger charge is -2.13. The van der Waals surface area contributed by atoms with Gasteiger partial charge in [0, 0.05) is 11.6 Å². The van der Waals surface area contributed by atoms with Gasteiger partial charge in [-0.2, -0.15) is 15.0 Å². The van der Waals surface area contributed by atoms with Crippen molar-refractivity contribution in [1.29, 1.82) is 0 Å². The first kappa shape index (κ1) is 19.4. The molecule has 0 aliphatic carbocycles. The molecule has 0 saturated heterocycles. The van der Waals surface area contributed by atoms with Gasteiger partial charge in [0.25, 0.3) is 5.56 Å². The average Bonchev–Trinajstić information content (AvgIpc) is 2.61. The first-order valence-electron chi connectivity index (χ1n) is 8.56. The molecule has 4 N–H and O–H groups in total. The molecule has 0 fully saturated rings. The third-order valence-electron chi connectivity index (χ3n) is 3.91. The molecule has 0 bridgehead atoms. The Hall–Kier alpha value is -2.39. The van der Waals surface area contributed by atoms with E-state index in [1.165, 1.54) is 11.8 Å². The minimum Gasteiger partial charge on any atom is -0.368 e. The number of rotatable bonds is 7. The van der Waals surface area contributed by atoms with E-state index in [0.717, 1.165) is 19.3 Å². The molecule has 0 amide bonds. The van der Waals surface area contributed by atoms with E-state index in [-0.39, 0.29) is 17.5 Å². The van der Waals surface area contributed by atoms with Crippen LogP contribution in [0.3, 0.4) is 0 Å². The van der Waals surface area contributed by atoms with Gasteiger partial charge < -0.3 is 11.5 Å². The van der Waals surface area contributed by atoms with Crippen LogP contribution in [-0.4, -0.2) is 24.5 Å². The highest BCUT2D eigenvalue weighted by Gasteiger charge is 2.13. The lowest BCUT2D eigenvalue weighted by molar-refractivity contribution is 0.541. The molecule has 8 nitrogen and oxygen atoms in total. The van der Waals surface area contributed by atoms with E-state index in [4.69, 9.17) is 23.1 Å². The molecule has 27 heavy (non-hydrogen) atoms. The Morgan fingerprint density at radius 2 is 1.85 bits per heavy atom. The van der Waals surface area contributed by atoms with E-state index < -0.39 is 0 Å². The fourth-order valence-electron chi connectivity index (χ4n) is 2.65. The third kappa shape index (κ3) is 4.67. The van der Waals surface area contributed by atoms with Gasteiger partial charge in [0.05, 0.1) is 16.7 Å². The van der Waals surface area contributed by atoms with E-state index >= 15 is 0 Å². The average molecular weight is 406 g/mol. The highest BCUT2D eigenvalue weighted by Crippen LogP contribution is 2.23. The molecule has 3 aromatic rings. The summed E-state index contributed by atoms with van der Waals surface area (Å²) in [4.78, 5) is 29.5. The Morgan fingerprint density at radius 3 is 2.56 bits per heavy atom. The van der Waals surface area contributed by atoms with Crippen molar-refractivity contribution >= 4 is 46.2 Å². The zero-order valence-corrected chi connectivity index (χ0v) is 16.4. The van der Waals surface area contributed by atoms with Gasteiger partial charge in [-0.15, -0.1) is 0 Å². The van der Waals surface area contributed by atoms with Crippen molar-refractivity contribution in [2.45, 2.75) is 43.6 Å². The van der Waals surface area contributed by atoms with Crippen molar-refractivity contribution in [3.05, 3.63) is 39.4 Å². The monoisotopic (exact) mass is 405 g/mol. The van der Waals surface area contributed by atoms with Gasteiger partial charge in [0.1, 0.15) is 5.82 Å². The van der Waals surface area contributed by atoms with Gasteiger partial charge in [-0.3, -0.25) is 9.36 Å². The summed E-state index contributed by atoms with van der Waals surface area (Å²) in [6.07, 6.45) is 3.00. The number of nitrogens with two attached hydrogens (primary N) is 2. The van der Waals surface area contributed by atoms with E-state index in [2.05, 4.69) is 26.9 Å². The molecule has 0 spiro atoms. The summed E-state index contributed by atoms with van der Waals surface area (Å²) in [5.41, 5.74) is 11.7. The molecule has 0 unspecified atom stereocenters. The predicted octanol–water partition coefficient (Wildman–Crippen LogP) is 2.88. The summed E-state index contributed by atoms with van der Waals surface area (Å²) in [7, 11) is 0. The summed E-state index contributed by atoms with van der Waals surface area (Å²) in [6, 6.07) is 5.11. The summed E-state index contributed by atoms with van der Waals surface area (Å²) < 4.78 is 1.70. The molecule has 1 aromatic carbocycles. The fraction of sp³-hybridized carbons (Fsp3) is 0.353. The Bertz CT molecular complexity index is 1000. The second-order valence-corrected chi connectivity index (χ2v) is 7.36. The number of nitrogens with zero attached hydrogens (tertiary/aromatic N) is 5. The second kappa shape index (κ2) is 8.53. The van der Waals surface area contributed by atoms with E-state index in [9.17, 15) is 4.79 Å². The molecule has 0 aliphatic heterocycles. The van der Waals surface area contributed by atoms with Crippen LogP contribution in [0.1, 0.15) is 32.0 Å². The van der Waals surface area contributed by atoms with Crippen LogP contribution in [0, 0.1) is 0 Å². The number of halogens is 1. The van der Waals surface area contributed by atoms with Crippen LogP contribution in [0.5, 0.6) is 0 Å². The fourth-order valence-corrected chi connectivity index (χ4v) is 3.70. The number of fused-ring (bicyclic) bond motifs is 1. The number of benzene rings is 1. The van der Waals surface area contributed by atoms with Crippen molar-refractivity contribution in [1.82, 2.24) is 24.5 Å². The number of anilines is 2. The van der Waals surface area contributed by atoms with Crippen molar-refractivity contribution in [3.8, 4) is 0 Å². The summed E-state index contributed by atoms with van der Waals surface area (Å²) >= 11 is 7.42. The number of hydrogen-bond acceptors (Lipinski definition) is 8. The maximum absolute atomic E-state index is 13.0. The highest BCUT2D eigenvalue weighted by molar-refractivity contribution is 7.98. The van der Waals surface area contributed by atoms with Crippen LogP contribution in [-0.2, 0) is 12.3 Å². The van der Waals surface area contributed by atoms with Crippen molar-refractivity contribution in [3.63, 3.8) is 0 Å². The molecule has 3 rings (SSSR count). The molecule has 2 heterocycles. The minimum atomic E-state index is -0.0788. The normalized spacial score (nSPS) is 11.2. The van der Waals surface area contributed by atoms with Gasteiger partial charge >= 0.3 is 0 Å². The van der Waals surface area contributed by atoms with Crippen LogP contribution >= 0.6 is 23.4 Å². The van der Waals surface area contributed by atoms with Crippen molar-refractivity contribution in [2.24, 2.45) is 0 Å². The van der Waals surface area contributed by atoms with Crippen LogP contribution in [0.25, 0.3) is 10.9 Å². The molecule has 10 heteroatoms. The molecular weight excluding hydrogens is 386 g/mol. The van der Waals surface area contributed by atoms with Crippen LogP contribution in [0.2, 0.25) is 5.02 Å². The second-order valence-electron chi connectivity index (χ2n) is 5.98. The van der Waals surface area contributed by atoms with E-state index in [0.29, 0.717) is 39.2 Å². The Labute approximate surface area is 165 Å². The number of nitrogen functional groups attached to an aromatic ring is 2. The topological polar surface area (TPSA) is 126 Å². The third-order valence-corrected chi connectivity index (χ3v) is 5.12. The zero-order valence-electron chi connectivity index (χ0n) is 14.9. The first-order chi connectivity index (χ1) is 13.0. The van der Waals surface area contributed by atoms with Crippen LogP contribution in [0.4, 0.5) is 11.9 Å². The van der Waals surface area contributed by atoms with E-state index in [1.807, 2.05) is 0 Å². The number of unbranched alkanes of at least 4 members (excludes halogenated alkanes) is 2. The Kier molecular flexibility index (Phi) is 6.12. The summed E-state index contributed by atoms with van der Waals surface area (Å²) in [5, 5.41) is 1.67. The molecule has 2 aromatic heterocycles. The standard InChI is InChI=1S/C17H20ClN7OS/c1-2-3-4-7-25-14(26)11-6-5-10(18)8-12(11)21-17(25)27-9-13-22-15(19)24-16(20)23-13/h5-6,8H,2-4,7,9H2,1H3,(H4,19,20,22,23,24). The first-order valence-corrected chi connectivity index (χ1v) is 9.93. The molecule has 0 saturated carbocycles. The summed E-state index contributed by atoms with van der Waals surface area (Å²) in [5.74, 6) is 0.933. The quantitative estimate of drug-likeness (QED) is 0.349. The van der Waals surface area contributed by atoms with Crippen molar-refractivity contribution in [2.75, 3.05) is 11.5 Å². The molecule has 142 valence electrons. The van der Waals surface area contributed by atoms with Gasteiger partial charge in [0.15, 0.2) is 5.16 Å². The highest BCUT2D eigenvalue weighted by atomic mass is 35.5. The van der Waals surface area contributed by atoms with Crippen LogP contribution in [0.15, 0.2) is 28.2 Å². The van der Waals surface area contributed by atoms with Crippen LogP contribution < -0.4 is 17.0 Å². The van der Waals surface area contributed by atoms with Gasteiger partial charge in [-0.25, -0.2) is 4.98 Å². The SMILES string of the molecule is CCCCCn1c(SCc2nc(N)nc(N)n2)nc2cc(Cl)ccc2c1=O. The smallest absolute Gasteiger partial charge is 0.262 e. The zero-order chi connectivity index (χ0) is 19.4. The Morgan fingerprint density at radius 1 is 1.11 bits per heavy atom. The Balaban J connectivity index is 1.97. The molecule has 0 aliphatic rings. The predicted molar refractivity (Wildman–Crippen MR) is 109 cm³/mol. The van der Waals surface area contributed by atoms with Gasteiger partial charge in [-0.05, 0) is 24.6 Å². The van der Waals surface area contributed by atoms with Gasteiger partial charge in [0.2, 0.25) is 11.9 Å². The molecular formula is C17H20ClN7OS. The number of thioether (sulfide) groups is 1. The van der Waals surface area contributed by atoms with Crippen molar-refractivity contribution < 1.29 is 0 Å². The lowest BCUT2D eigenvalue weighted by Crippen LogP contribution is -2.23. The largest absolute Gasteiger partial charge is 0.368 e. The number of aromatic nitrogens is 5. The number of hydrogen-bond donors (Lipinski definition) is 2. The minimum absolute atomic E-state index is 0.0664. The lowest BCUT2D eigenvalue weighted by atomic mass is 10.2. The molecule has 0 radical (unpaired) electrons. The van der Waals surface area contributed by atoms with Gasteiger partial charge in [-0.1, -0.05) is 43.1 Å².